The number of rotatable bonds is 4. The number of halogens is 3. The van der Waals surface area contributed by atoms with E-state index in [0.717, 1.165) is 12.3 Å². The number of carbonyl (C=O) groups is 1. The van der Waals surface area contributed by atoms with Crippen LogP contribution in [0.4, 0.5) is 13.2 Å². The summed E-state index contributed by atoms with van der Waals surface area (Å²) in [5.74, 6) is -0.169. The maximum absolute atomic E-state index is 12.4. The van der Waals surface area contributed by atoms with E-state index in [4.69, 9.17) is 5.26 Å². The minimum Gasteiger partial charge on any atom is -0.294 e. The molecule has 1 aromatic heterocycles. The molecule has 1 aromatic carbocycles. The lowest BCUT2D eigenvalue weighted by Crippen LogP contribution is -2.08. The van der Waals surface area contributed by atoms with Crippen molar-refractivity contribution in [2.75, 3.05) is 0 Å². The molecule has 3 nitrogen and oxygen atoms in total. The van der Waals surface area contributed by atoms with E-state index in [9.17, 15) is 18.0 Å². The smallest absolute Gasteiger partial charge is 0.294 e. The lowest BCUT2D eigenvalue weighted by Gasteiger charge is -2.06. The molecular weight excluding hydrogens is 293 g/mol. The van der Waals surface area contributed by atoms with Crippen LogP contribution in [0.1, 0.15) is 33.6 Å². The number of carbonyl (C=O) groups excluding carboxylic acids is 1. The van der Waals surface area contributed by atoms with Crippen LogP contribution < -0.4 is 0 Å². The number of Topliss-reactive ketones (excluding diaryl/α,β-unsaturated/α-hetero) is 1. The molecule has 0 amide bonds. The van der Waals surface area contributed by atoms with Crippen molar-refractivity contribution in [1.82, 2.24) is 4.98 Å². The third-order valence-corrected chi connectivity index (χ3v) is 3.07. The van der Waals surface area contributed by atoms with Gasteiger partial charge in [0.05, 0.1) is 11.6 Å². The number of ketones is 1. The van der Waals surface area contributed by atoms with Crippen LogP contribution in [0.5, 0.6) is 0 Å². The summed E-state index contributed by atoms with van der Waals surface area (Å²) in [6.45, 7) is 0. The number of hydrogen-bond donors (Lipinski definition) is 0. The number of benzene rings is 1. The van der Waals surface area contributed by atoms with E-state index in [1.807, 2.05) is 6.07 Å². The molecule has 0 fully saturated rings. The Morgan fingerprint density at radius 1 is 1.23 bits per heavy atom. The van der Waals surface area contributed by atoms with Crippen LogP contribution in [0.15, 0.2) is 42.6 Å². The highest BCUT2D eigenvalue weighted by atomic mass is 19.4. The second-order valence-corrected chi connectivity index (χ2v) is 4.67. The van der Waals surface area contributed by atoms with Crippen LogP contribution in [0.2, 0.25) is 0 Å². The van der Waals surface area contributed by atoms with E-state index in [1.54, 1.807) is 18.2 Å². The van der Waals surface area contributed by atoms with E-state index in [2.05, 4.69) is 4.98 Å². The van der Waals surface area contributed by atoms with Crippen LogP contribution in [0.3, 0.4) is 0 Å². The Hall–Kier alpha value is -2.68. The van der Waals surface area contributed by atoms with Crippen LogP contribution in [-0.2, 0) is 12.6 Å². The van der Waals surface area contributed by atoms with E-state index < -0.39 is 11.9 Å². The van der Waals surface area contributed by atoms with Gasteiger partial charge in [-0.1, -0.05) is 18.2 Å². The summed E-state index contributed by atoms with van der Waals surface area (Å²) in [5, 5.41) is 8.78. The monoisotopic (exact) mass is 304 g/mol. The van der Waals surface area contributed by atoms with Gasteiger partial charge in [0.1, 0.15) is 5.69 Å². The molecule has 0 bridgehead atoms. The molecule has 112 valence electrons. The van der Waals surface area contributed by atoms with Crippen LogP contribution >= 0.6 is 0 Å². The average Bonchev–Trinajstić information content (AvgIpc) is 2.52. The van der Waals surface area contributed by atoms with Gasteiger partial charge in [-0.3, -0.25) is 9.78 Å². The van der Waals surface area contributed by atoms with Crippen LogP contribution in [0, 0.1) is 11.3 Å². The second kappa shape index (κ2) is 6.39. The topological polar surface area (TPSA) is 53.8 Å². The maximum Gasteiger partial charge on any atom is 0.433 e. The van der Waals surface area contributed by atoms with Gasteiger partial charge in [0.25, 0.3) is 0 Å². The van der Waals surface area contributed by atoms with Gasteiger partial charge >= 0.3 is 6.18 Å². The summed E-state index contributed by atoms with van der Waals surface area (Å²) >= 11 is 0. The molecule has 6 heteroatoms. The minimum atomic E-state index is -4.47. The lowest BCUT2D eigenvalue weighted by molar-refractivity contribution is -0.141. The summed E-state index contributed by atoms with van der Waals surface area (Å²) in [6, 6.07) is 10.5. The van der Waals surface area contributed by atoms with Crippen molar-refractivity contribution in [1.29, 1.82) is 5.26 Å². The first kappa shape index (κ1) is 15.7. The minimum absolute atomic E-state index is 0.141. The SMILES string of the molecule is N#Cc1cccc(C(=O)CCc2ccc(C(F)(F)F)nc2)c1. The number of nitrogens with zero attached hydrogens (tertiary/aromatic N) is 2. The first-order valence-electron chi connectivity index (χ1n) is 6.45. The lowest BCUT2D eigenvalue weighted by atomic mass is 10.0. The Kier molecular flexibility index (Phi) is 4.56. The van der Waals surface area contributed by atoms with Gasteiger partial charge in [-0.05, 0) is 30.2 Å². The highest BCUT2D eigenvalue weighted by Gasteiger charge is 2.31. The Balaban J connectivity index is 2.00. The molecule has 0 aliphatic heterocycles. The van der Waals surface area contributed by atoms with Gasteiger partial charge in [-0.15, -0.1) is 0 Å². The van der Waals surface area contributed by atoms with Gasteiger partial charge in [0, 0.05) is 18.2 Å². The summed E-state index contributed by atoms with van der Waals surface area (Å²) in [7, 11) is 0. The molecule has 0 saturated heterocycles. The molecule has 0 aliphatic carbocycles. The molecule has 0 N–H and O–H groups in total. The van der Waals surface area contributed by atoms with Gasteiger partial charge in [0.15, 0.2) is 5.78 Å². The number of pyridine rings is 1. The third kappa shape index (κ3) is 3.92. The second-order valence-electron chi connectivity index (χ2n) is 4.67. The molecule has 0 aliphatic rings. The Bertz CT molecular complexity index is 715. The number of hydrogen-bond acceptors (Lipinski definition) is 3. The van der Waals surface area contributed by atoms with Gasteiger partial charge in [0.2, 0.25) is 0 Å². The summed E-state index contributed by atoms with van der Waals surface area (Å²) in [4.78, 5) is 15.4. The van der Waals surface area contributed by atoms with Crippen molar-refractivity contribution in [3.63, 3.8) is 0 Å². The van der Waals surface area contributed by atoms with Crippen molar-refractivity contribution < 1.29 is 18.0 Å². The van der Waals surface area contributed by atoms with Gasteiger partial charge in [-0.25, -0.2) is 0 Å². The third-order valence-electron chi connectivity index (χ3n) is 3.07. The zero-order valence-electron chi connectivity index (χ0n) is 11.4. The van der Waals surface area contributed by atoms with Gasteiger partial charge in [-0.2, -0.15) is 18.4 Å². The Labute approximate surface area is 125 Å². The number of nitriles is 1. The van der Waals surface area contributed by atoms with E-state index in [-0.39, 0.29) is 12.2 Å². The van der Waals surface area contributed by atoms with Crippen molar-refractivity contribution in [3.8, 4) is 6.07 Å². The van der Waals surface area contributed by atoms with E-state index >= 15 is 0 Å². The number of aryl methyl sites for hydroxylation is 1. The fraction of sp³-hybridized carbons (Fsp3) is 0.188. The predicted molar refractivity (Wildman–Crippen MR) is 73.0 cm³/mol. The molecule has 0 saturated carbocycles. The molecule has 0 spiro atoms. The van der Waals surface area contributed by atoms with Gasteiger partial charge < -0.3 is 0 Å². The average molecular weight is 304 g/mol. The molecular formula is C16H11F3N2O. The number of alkyl halides is 3. The summed E-state index contributed by atoms with van der Waals surface area (Å²) < 4.78 is 37.2. The highest BCUT2D eigenvalue weighted by Crippen LogP contribution is 2.27. The van der Waals surface area contributed by atoms with E-state index in [1.165, 1.54) is 12.1 Å². The predicted octanol–water partition coefficient (Wildman–Crippen LogP) is 3.79. The van der Waals surface area contributed by atoms with E-state index in [0.29, 0.717) is 23.1 Å². The Morgan fingerprint density at radius 3 is 2.59 bits per heavy atom. The highest BCUT2D eigenvalue weighted by molar-refractivity contribution is 5.96. The van der Waals surface area contributed by atoms with Crippen LogP contribution in [0.25, 0.3) is 0 Å². The largest absolute Gasteiger partial charge is 0.433 e. The molecule has 1 heterocycles. The summed E-state index contributed by atoms with van der Waals surface area (Å²) in [5.41, 5.74) is 0.406. The molecule has 0 radical (unpaired) electrons. The zero-order chi connectivity index (χ0) is 16.2. The molecule has 0 atom stereocenters. The first-order valence-corrected chi connectivity index (χ1v) is 6.45. The molecule has 22 heavy (non-hydrogen) atoms. The molecule has 2 aromatic rings. The van der Waals surface area contributed by atoms with Crippen LogP contribution in [-0.4, -0.2) is 10.8 Å². The maximum atomic E-state index is 12.4. The fourth-order valence-corrected chi connectivity index (χ4v) is 1.90. The van der Waals surface area contributed by atoms with Crippen molar-refractivity contribution in [2.24, 2.45) is 0 Å². The first-order chi connectivity index (χ1) is 10.4. The van der Waals surface area contributed by atoms with Crippen molar-refractivity contribution in [3.05, 3.63) is 65.0 Å². The van der Waals surface area contributed by atoms with Crippen molar-refractivity contribution >= 4 is 5.78 Å². The summed E-state index contributed by atoms with van der Waals surface area (Å²) in [6.07, 6.45) is -2.91. The van der Waals surface area contributed by atoms with Crippen molar-refractivity contribution in [2.45, 2.75) is 19.0 Å². The quantitative estimate of drug-likeness (QED) is 0.808. The normalized spacial score (nSPS) is 11.0. The fourth-order valence-electron chi connectivity index (χ4n) is 1.90. The standard InChI is InChI=1S/C16H11F3N2O/c17-16(18,19)15-7-5-11(10-21-15)4-6-14(22)13-3-1-2-12(8-13)9-20/h1-3,5,7-8,10H,4,6H2. The Morgan fingerprint density at radius 2 is 2.00 bits per heavy atom. The number of aromatic nitrogens is 1. The molecule has 2 rings (SSSR count). The zero-order valence-corrected chi connectivity index (χ0v) is 11.4. The molecule has 0 unspecified atom stereocenters.